The van der Waals surface area contributed by atoms with E-state index in [-0.39, 0.29) is 23.9 Å². The lowest BCUT2D eigenvalue weighted by Gasteiger charge is -2.32. The second-order valence-electron chi connectivity index (χ2n) is 7.51. The molecule has 0 amide bonds. The summed E-state index contributed by atoms with van der Waals surface area (Å²) in [6.45, 7) is 2.96. The predicted molar refractivity (Wildman–Crippen MR) is 105 cm³/mol. The summed E-state index contributed by atoms with van der Waals surface area (Å²) in [5.74, 6) is 0.805. The average Bonchev–Trinajstić information content (AvgIpc) is 3.03. The van der Waals surface area contributed by atoms with E-state index in [2.05, 4.69) is 9.97 Å². The maximum atomic E-state index is 13.0. The highest BCUT2D eigenvalue weighted by Crippen LogP contribution is 2.32. The van der Waals surface area contributed by atoms with E-state index in [1.54, 1.807) is 6.20 Å². The molecule has 10 heteroatoms. The molecule has 1 fully saturated rings. The Labute approximate surface area is 172 Å². The van der Waals surface area contributed by atoms with Crippen molar-refractivity contribution in [3.05, 3.63) is 54.0 Å². The maximum Gasteiger partial charge on any atom is 0.416 e. The minimum atomic E-state index is -4.59. The highest BCUT2D eigenvalue weighted by atomic mass is 32.2. The third-order valence-corrected chi connectivity index (χ3v) is 7.28. The summed E-state index contributed by atoms with van der Waals surface area (Å²) < 4.78 is 68.3. The van der Waals surface area contributed by atoms with E-state index < -0.39 is 21.8 Å². The molecule has 0 N–H and O–H groups in total. The summed E-state index contributed by atoms with van der Waals surface area (Å²) >= 11 is 0. The molecule has 1 unspecified atom stereocenters. The Morgan fingerprint density at radius 1 is 1.20 bits per heavy atom. The van der Waals surface area contributed by atoms with Gasteiger partial charge in [0.05, 0.1) is 10.5 Å². The van der Waals surface area contributed by atoms with Gasteiger partial charge in [-0.05, 0) is 56.0 Å². The van der Waals surface area contributed by atoms with Crippen LogP contribution in [0.1, 0.15) is 24.2 Å². The van der Waals surface area contributed by atoms with Crippen LogP contribution in [0.25, 0.3) is 11.2 Å². The number of imidazole rings is 1. The number of sulfonamides is 1. The molecule has 0 radical (unpaired) electrons. The molecule has 1 aliphatic rings. The molecular formula is C20H21F3N4O2S. The van der Waals surface area contributed by atoms with Crippen LogP contribution in [0.5, 0.6) is 0 Å². The average molecular weight is 438 g/mol. The van der Waals surface area contributed by atoms with Crippen LogP contribution in [0.3, 0.4) is 0 Å². The molecule has 160 valence electrons. The zero-order chi connectivity index (χ0) is 21.5. The number of nitrogens with zero attached hydrogens (tertiary/aromatic N) is 4. The molecule has 0 aliphatic carbocycles. The van der Waals surface area contributed by atoms with Crippen LogP contribution >= 0.6 is 0 Å². The van der Waals surface area contributed by atoms with Gasteiger partial charge < -0.3 is 4.57 Å². The number of pyridine rings is 1. The molecule has 4 rings (SSSR count). The minimum absolute atomic E-state index is 0.0115. The van der Waals surface area contributed by atoms with Crippen molar-refractivity contribution >= 4 is 21.2 Å². The normalized spacial score (nSPS) is 18.7. The lowest BCUT2D eigenvalue weighted by molar-refractivity contribution is -0.137. The number of aromatic nitrogens is 3. The highest BCUT2D eigenvalue weighted by Gasteiger charge is 2.34. The van der Waals surface area contributed by atoms with E-state index >= 15 is 0 Å². The fourth-order valence-corrected chi connectivity index (χ4v) is 5.53. The molecule has 1 atom stereocenters. The smallest absolute Gasteiger partial charge is 0.313 e. The van der Waals surface area contributed by atoms with E-state index in [0.29, 0.717) is 19.0 Å². The Morgan fingerprint density at radius 3 is 2.77 bits per heavy atom. The van der Waals surface area contributed by atoms with Crippen LogP contribution in [0.2, 0.25) is 0 Å². The number of alkyl halides is 3. The molecule has 1 aliphatic heterocycles. The topological polar surface area (TPSA) is 68.1 Å². The lowest BCUT2D eigenvalue weighted by Crippen LogP contribution is -2.41. The van der Waals surface area contributed by atoms with Gasteiger partial charge in [0.15, 0.2) is 5.65 Å². The molecule has 1 aromatic carbocycles. The van der Waals surface area contributed by atoms with Gasteiger partial charge in [-0.2, -0.15) is 17.5 Å². The Kier molecular flexibility index (Phi) is 5.31. The zero-order valence-electron chi connectivity index (χ0n) is 16.3. The molecule has 3 aromatic rings. The third kappa shape index (κ3) is 3.93. The second-order valence-corrected chi connectivity index (χ2v) is 9.45. The fraction of sp³-hybridized carbons (Fsp3) is 0.400. The molecule has 0 saturated carbocycles. The van der Waals surface area contributed by atoms with Crippen LogP contribution in [0.4, 0.5) is 13.2 Å². The molecule has 3 heterocycles. The maximum absolute atomic E-state index is 13.0. The number of benzene rings is 1. The quantitative estimate of drug-likeness (QED) is 0.620. The molecule has 30 heavy (non-hydrogen) atoms. The van der Waals surface area contributed by atoms with Crippen molar-refractivity contribution < 1.29 is 21.6 Å². The number of piperidine rings is 1. The van der Waals surface area contributed by atoms with Gasteiger partial charge in [0.25, 0.3) is 0 Å². The number of fused-ring (bicyclic) bond motifs is 1. The van der Waals surface area contributed by atoms with Crippen molar-refractivity contribution in [3.8, 4) is 0 Å². The van der Waals surface area contributed by atoms with Crippen LogP contribution in [0, 0.1) is 12.8 Å². The first kappa shape index (κ1) is 20.8. The molecule has 0 spiro atoms. The Balaban J connectivity index is 1.57. The van der Waals surface area contributed by atoms with Gasteiger partial charge in [-0.15, -0.1) is 0 Å². The first-order valence-corrected chi connectivity index (χ1v) is 11.1. The third-order valence-electron chi connectivity index (χ3n) is 5.42. The van der Waals surface area contributed by atoms with Gasteiger partial charge in [-0.25, -0.2) is 18.4 Å². The Bertz CT molecular complexity index is 1170. The van der Waals surface area contributed by atoms with Gasteiger partial charge in [-0.3, -0.25) is 0 Å². The van der Waals surface area contributed by atoms with E-state index in [1.165, 1.54) is 10.4 Å². The van der Waals surface area contributed by atoms with E-state index in [0.717, 1.165) is 35.5 Å². The summed E-state index contributed by atoms with van der Waals surface area (Å²) in [5.41, 5.74) is 0.552. The molecule has 2 aromatic heterocycles. The van der Waals surface area contributed by atoms with Crippen LogP contribution in [0.15, 0.2) is 47.5 Å². The van der Waals surface area contributed by atoms with Gasteiger partial charge in [0, 0.05) is 25.8 Å². The second kappa shape index (κ2) is 7.66. The van der Waals surface area contributed by atoms with Gasteiger partial charge in [0.1, 0.15) is 11.3 Å². The molecule has 0 bridgehead atoms. The highest BCUT2D eigenvalue weighted by molar-refractivity contribution is 7.89. The number of halogens is 3. The summed E-state index contributed by atoms with van der Waals surface area (Å²) in [7, 11) is -4.02. The van der Waals surface area contributed by atoms with Crippen molar-refractivity contribution in [1.29, 1.82) is 0 Å². The van der Waals surface area contributed by atoms with Crippen LogP contribution in [-0.2, 0) is 22.7 Å². The number of hydrogen-bond acceptors (Lipinski definition) is 4. The minimum Gasteiger partial charge on any atom is -0.313 e. The monoisotopic (exact) mass is 438 g/mol. The zero-order valence-corrected chi connectivity index (χ0v) is 17.1. The summed E-state index contributed by atoms with van der Waals surface area (Å²) in [6.07, 6.45) is -1.45. The number of aryl methyl sites for hydroxylation is 1. The fourth-order valence-electron chi connectivity index (χ4n) is 3.92. The van der Waals surface area contributed by atoms with Crippen molar-refractivity contribution in [2.75, 3.05) is 13.1 Å². The summed E-state index contributed by atoms with van der Waals surface area (Å²) in [6, 6.07) is 7.60. The van der Waals surface area contributed by atoms with Crippen molar-refractivity contribution in [2.24, 2.45) is 5.92 Å². The first-order valence-electron chi connectivity index (χ1n) is 9.61. The standard InChI is InChI=1S/C20H21F3N4O2S/c1-14-25-18-8-3-9-24-19(18)27(14)13-15-5-4-10-26(12-15)30(28,29)17-7-2-6-16(11-17)20(21,22)23/h2-3,6-9,11,15H,4-5,10,12-13H2,1H3. The SMILES string of the molecule is Cc1nc2cccnc2n1CC1CCCN(S(=O)(=O)c2cccc(C(F)(F)F)c2)C1. The van der Waals surface area contributed by atoms with Gasteiger partial charge in [0.2, 0.25) is 10.0 Å². The van der Waals surface area contributed by atoms with Crippen LogP contribution < -0.4 is 0 Å². The molecule has 6 nitrogen and oxygen atoms in total. The Morgan fingerprint density at radius 2 is 2.00 bits per heavy atom. The Hall–Kier alpha value is -2.46. The van der Waals surface area contributed by atoms with Crippen molar-refractivity contribution in [1.82, 2.24) is 18.8 Å². The summed E-state index contributed by atoms with van der Waals surface area (Å²) in [4.78, 5) is 8.54. The summed E-state index contributed by atoms with van der Waals surface area (Å²) in [5, 5.41) is 0. The van der Waals surface area contributed by atoms with Gasteiger partial charge >= 0.3 is 6.18 Å². The largest absolute Gasteiger partial charge is 0.416 e. The number of hydrogen-bond donors (Lipinski definition) is 0. The molecule has 1 saturated heterocycles. The van der Waals surface area contributed by atoms with E-state index in [4.69, 9.17) is 0 Å². The van der Waals surface area contributed by atoms with E-state index in [1.807, 2.05) is 23.6 Å². The number of rotatable bonds is 4. The molecular weight excluding hydrogens is 417 g/mol. The van der Waals surface area contributed by atoms with Crippen molar-refractivity contribution in [2.45, 2.75) is 37.4 Å². The van der Waals surface area contributed by atoms with E-state index in [9.17, 15) is 21.6 Å². The lowest BCUT2D eigenvalue weighted by atomic mass is 9.99. The van der Waals surface area contributed by atoms with Crippen molar-refractivity contribution in [3.63, 3.8) is 0 Å². The van der Waals surface area contributed by atoms with Gasteiger partial charge in [-0.1, -0.05) is 6.07 Å². The predicted octanol–water partition coefficient (Wildman–Crippen LogP) is 3.86. The van der Waals surface area contributed by atoms with Crippen LogP contribution in [-0.4, -0.2) is 40.3 Å². The first-order chi connectivity index (χ1) is 14.2.